The second kappa shape index (κ2) is 70.3. The maximum atomic E-state index is 12.4. The van der Waals surface area contributed by atoms with Gasteiger partial charge in [-0.3, -0.25) is 9.59 Å². The lowest BCUT2D eigenvalue weighted by Gasteiger charge is -2.22. The van der Waals surface area contributed by atoms with Crippen molar-refractivity contribution in [2.45, 2.75) is 450 Å². The number of nitrogens with one attached hydrogen (secondary N) is 1. The molecule has 3 N–H and O–H groups in total. The molecule has 0 aliphatic rings. The molecule has 1 amide bonds. The second-order valence-electron chi connectivity index (χ2n) is 26.0. The maximum Gasteiger partial charge on any atom is 0.305 e. The van der Waals surface area contributed by atoms with Crippen molar-refractivity contribution in [3.63, 3.8) is 0 Å². The van der Waals surface area contributed by atoms with Gasteiger partial charge in [0.25, 0.3) is 0 Å². The van der Waals surface area contributed by atoms with E-state index in [0.29, 0.717) is 25.9 Å². The normalized spacial score (nSPS) is 12.4. The summed E-state index contributed by atoms with van der Waals surface area (Å²) in [4.78, 5) is 24.5. The SMILES string of the molecule is CCCCCCCCCCCCCCCCCCCC(=O)OCCCCCCCCCCCCCCCCCCCCCCCCCCCCCCCCCCCCCCCC(=O)NC(CO)C(O)CCCCCCCCCCC. The molecule has 0 spiro atoms. The van der Waals surface area contributed by atoms with E-state index in [0.717, 1.165) is 38.5 Å². The Bertz CT molecular complexity index is 1160. The molecule has 0 aromatic carbocycles. The average Bonchev–Trinajstić information content (AvgIpc) is 3.46. The van der Waals surface area contributed by atoms with E-state index in [9.17, 15) is 19.8 Å². The minimum absolute atomic E-state index is 0.0285. The van der Waals surface area contributed by atoms with Crippen LogP contribution in [-0.4, -0.2) is 47.4 Å². The number of aliphatic hydroxyl groups is 2. The van der Waals surface area contributed by atoms with Crippen LogP contribution in [-0.2, 0) is 14.3 Å². The van der Waals surface area contributed by atoms with Crippen molar-refractivity contribution in [3.05, 3.63) is 0 Å². The highest BCUT2D eigenvalue weighted by Crippen LogP contribution is 2.20. The van der Waals surface area contributed by atoms with Crippen LogP contribution in [0.3, 0.4) is 0 Å². The van der Waals surface area contributed by atoms with Gasteiger partial charge in [-0.1, -0.05) is 399 Å². The van der Waals surface area contributed by atoms with Crippen LogP contribution in [0.2, 0.25) is 0 Å². The molecule has 2 atom stereocenters. The number of aliphatic hydroxyl groups excluding tert-OH is 2. The van der Waals surface area contributed by atoms with E-state index in [1.54, 1.807) is 0 Å². The minimum atomic E-state index is -0.657. The summed E-state index contributed by atoms with van der Waals surface area (Å²) in [6.07, 6.45) is 86.3. The zero-order valence-electron chi connectivity index (χ0n) is 54.9. The molecule has 2 unspecified atom stereocenters. The van der Waals surface area contributed by atoms with Crippen LogP contribution in [0.25, 0.3) is 0 Å². The Labute approximate surface area is 502 Å². The number of hydrogen-bond donors (Lipinski definition) is 3. The first kappa shape index (κ1) is 78.9. The Morgan fingerprint density at radius 1 is 0.300 bits per heavy atom. The third-order valence-electron chi connectivity index (χ3n) is 17.9. The van der Waals surface area contributed by atoms with Crippen LogP contribution in [0.1, 0.15) is 438 Å². The molecule has 0 aliphatic heterocycles. The molecule has 0 saturated carbocycles. The van der Waals surface area contributed by atoms with Gasteiger partial charge in [0.1, 0.15) is 0 Å². The van der Waals surface area contributed by atoms with Gasteiger partial charge in [-0.15, -0.1) is 0 Å². The molecule has 0 fully saturated rings. The summed E-state index contributed by atoms with van der Waals surface area (Å²) < 4.78 is 5.51. The highest BCUT2D eigenvalue weighted by atomic mass is 16.5. The van der Waals surface area contributed by atoms with E-state index in [-0.39, 0.29) is 18.5 Å². The molecule has 0 bridgehead atoms. The lowest BCUT2D eigenvalue weighted by molar-refractivity contribution is -0.143. The van der Waals surface area contributed by atoms with Crippen molar-refractivity contribution in [1.82, 2.24) is 5.32 Å². The highest BCUT2D eigenvalue weighted by Gasteiger charge is 2.20. The summed E-state index contributed by atoms with van der Waals surface area (Å²) in [5, 5.41) is 23.2. The molecule has 0 aromatic heterocycles. The summed E-state index contributed by atoms with van der Waals surface area (Å²) >= 11 is 0. The first-order valence-electron chi connectivity index (χ1n) is 37.3. The molecule has 6 nitrogen and oxygen atoms in total. The van der Waals surface area contributed by atoms with E-state index >= 15 is 0 Å². The Morgan fingerprint density at radius 2 is 0.512 bits per heavy atom. The molecule has 0 aromatic rings. The molecule has 6 heteroatoms. The fourth-order valence-electron chi connectivity index (χ4n) is 12.2. The van der Waals surface area contributed by atoms with Gasteiger partial charge in [0.05, 0.1) is 25.4 Å². The van der Waals surface area contributed by atoms with Gasteiger partial charge in [-0.2, -0.15) is 0 Å². The first-order valence-corrected chi connectivity index (χ1v) is 37.3. The topological polar surface area (TPSA) is 95.9 Å². The number of carbonyl (C=O) groups is 2. The van der Waals surface area contributed by atoms with Crippen LogP contribution in [0, 0.1) is 0 Å². The Morgan fingerprint density at radius 3 is 0.762 bits per heavy atom. The summed E-state index contributed by atoms with van der Waals surface area (Å²) in [5.41, 5.74) is 0. The van der Waals surface area contributed by atoms with Gasteiger partial charge in [0, 0.05) is 12.8 Å². The van der Waals surface area contributed by atoms with Gasteiger partial charge >= 0.3 is 5.97 Å². The van der Waals surface area contributed by atoms with E-state index in [4.69, 9.17) is 4.74 Å². The van der Waals surface area contributed by atoms with Gasteiger partial charge in [0.15, 0.2) is 0 Å². The van der Waals surface area contributed by atoms with E-state index in [2.05, 4.69) is 19.2 Å². The van der Waals surface area contributed by atoms with Crippen molar-refractivity contribution in [3.8, 4) is 0 Å². The third kappa shape index (κ3) is 66.0. The van der Waals surface area contributed by atoms with Crippen LogP contribution >= 0.6 is 0 Å². The summed E-state index contributed by atoms with van der Waals surface area (Å²) in [7, 11) is 0. The second-order valence-corrected chi connectivity index (χ2v) is 26.0. The largest absolute Gasteiger partial charge is 0.466 e. The number of amides is 1. The number of carbonyl (C=O) groups excluding carboxylic acids is 2. The van der Waals surface area contributed by atoms with E-state index in [1.165, 1.54) is 366 Å². The van der Waals surface area contributed by atoms with E-state index in [1.807, 2.05) is 0 Å². The van der Waals surface area contributed by atoms with Crippen LogP contribution in [0.5, 0.6) is 0 Å². The predicted molar refractivity (Wildman–Crippen MR) is 352 cm³/mol. The van der Waals surface area contributed by atoms with Gasteiger partial charge < -0.3 is 20.3 Å². The summed E-state index contributed by atoms with van der Waals surface area (Å²) in [6, 6.07) is -0.533. The lowest BCUT2D eigenvalue weighted by Crippen LogP contribution is -2.45. The van der Waals surface area contributed by atoms with E-state index < -0.39 is 12.1 Å². The van der Waals surface area contributed by atoms with Crippen molar-refractivity contribution >= 4 is 11.9 Å². The number of esters is 1. The quantitative estimate of drug-likeness (QED) is 0.0417. The van der Waals surface area contributed by atoms with Gasteiger partial charge in [-0.05, 0) is 25.7 Å². The zero-order chi connectivity index (χ0) is 57.8. The maximum absolute atomic E-state index is 12.4. The highest BCUT2D eigenvalue weighted by molar-refractivity contribution is 5.76. The number of unbranched alkanes of at least 4 members (excludes halogenated alkanes) is 60. The molecular formula is C74H147NO5. The van der Waals surface area contributed by atoms with Gasteiger partial charge in [0.2, 0.25) is 5.91 Å². The fraction of sp³-hybridized carbons (Fsp3) is 0.973. The molecule has 0 heterocycles. The Balaban J connectivity index is 3.24. The van der Waals surface area contributed by atoms with Crippen LogP contribution < -0.4 is 5.32 Å². The molecule has 0 aliphatic carbocycles. The third-order valence-corrected chi connectivity index (χ3v) is 17.9. The van der Waals surface area contributed by atoms with Crippen molar-refractivity contribution in [2.75, 3.05) is 13.2 Å². The standard InChI is InChI=1S/C74H147NO5/c1-3-5-7-9-11-13-14-15-16-38-42-45-48-52-56-60-64-68-74(79)80-69-65-61-57-53-49-46-43-40-37-35-33-31-29-27-25-23-21-19-17-18-20-22-24-26-28-30-32-34-36-39-41-44-47-51-55-59-63-67-73(78)75-71(70-76)72(77)66-62-58-54-50-12-10-8-6-4-2/h71-72,76-77H,3-70H2,1-2H3,(H,75,78). The first-order chi connectivity index (χ1) is 39.5. The number of rotatable bonds is 71. The van der Waals surface area contributed by atoms with Crippen molar-refractivity contribution in [2.24, 2.45) is 0 Å². The summed E-state index contributed by atoms with van der Waals surface area (Å²) in [5.74, 6) is -0.000529. The zero-order valence-corrected chi connectivity index (χ0v) is 54.9. The molecule has 0 saturated heterocycles. The minimum Gasteiger partial charge on any atom is -0.466 e. The predicted octanol–water partition coefficient (Wildman–Crippen LogP) is 24.2. The average molecular weight is 1130 g/mol. The molecule has 0 radical (unpaired) electrons. The molecule has 478 valence electrons. The number of hydrogen-bond acceptors (Lipinski definition) is 5. The molecule has 80 heavy (non-hydrogen) atoms. The lowest BCUT2D eigenvalue weighted by atomic mass is 10.0. The van der Waals surface area contributed by atoms with Crippen LogP contribution in [0.4, 0.5) is 0 Å². The molecular weight excluding hydrogens is 983 g/mol. The van der Waals surface area contributed by atoms with Gasteiger partial charge in [-0.25, -0.2) is 0 Å². The van der Waals surface area contributed by atoms with Crippen molar-refractivity contribution in [1.29, 1.82) is 0 Å². The smallest absolute Gasteiger partial charge is 0.305 e. The van der Waals surface area contributed by atoms with Crippen molar-refractivity contribution < 1.29 is 24.5 Å². The molecule has 0 rings (SSSR count). The fourth-order valence-corrected chi connectivity index (χ4v) is 12.2. The Hall–Kier alpha value is -1.14. The van der Waals surface area contributed by atoms with Crippen LogP contribution in [0.15, 0.2) is 0 Å². The Kier molecular flexibility index (Phi) is 69.3. The monoisotopic (exact) mass is 1130 g/mol. The number of ether oxygens (including phenoxy) is 1. The summed E-state index contributed by atoms with van der Waals surface area (Å²) in [6.45, 7) is 4.98.